The lowest BCUT2D eigenvalue weighted by Crippen LogP contribution is -2.45. The molecule has 1 amide bonds. The molecule has 0 spiro atoms. The Morgan fingerprint density at radius 3 is 2.63 bits per heavy atom. The molecule has 1 aromatic heterocycles. The number of aliphatic hydroxyl groups is 1. The Kier molecular flexibility index (Phi) is 7.47. The highest BCUT2D eigenvalue weighted by Gasteiger charge is 2.28. The van der Waals surface area contributed by atoms with Crippen molar-refractivity contribution >= 4 is 5.91 Å². The van der Waals surface area contributed by atoms with E-state index in [4.69, 9.17) is 4.74 Å². The molecule has 3 aromatic rings. The number of aliphatic hydroxyl groups excluding tert-OH is 1. The van der Waals surface area contributed by atoms with Gasteiger partial charge in [-0.05, 0) is 55.0 Å². The lowest BCUT2D eigenvalue weighted by molar-refractivity contribution is -0.0498. The van der Waals surface area contributed by atoms with Gasteiger partial charge in [0, 0.05) is 18.1 Å². The Hall–Kier alpha value is -3.70. The standard InChI is InChI=1S/C24H22F3N3O5/c25-16-2-1-3-17(10-16)30-23(33)19(22(32)28-21(12-31)15-8-9-34-13-15)11-20(29-30)14-4-6-18(7-5-14)35-24(26)27/h1-7,10-11,15,21,24,31H,8-9,12-13H2,(H,28,32)/t15-,21?/m0/s1. The van der Waals surface area contributed by atoms with Crippen molar-refractivity contribution in [1.82, 2.24) is 15.1 Å². The zero-order valence-electron chi connectivity index (χ0n) is 18.4. The van der Waals surface area contributed by atoms with E-state index in [-0.39, 0.29) is 35.2 Å². The van der Waals surface area contributed by atoms with Gasteiger partial charge in [0.05, 0.1) is 30.6 Å². The number of alkyl halides is 2. The highest BCUT2D eigenvalue weighted by atomic mass is 19.3. The van der Waals surface area contributed by atoms with Crippen molar-refractivity contribution in [3.8, 4) is 22.7 Å². The van der Waals surface area contributed by atoms with Gasteiger partial charge in [0.2, 0.25) is 0 Å². The van der Waals surface area contributed by atoms with E-state index in [1.807, 2.05) is 0 Å². The van der Waals surface area contributed by atoms with E-state index in [0.29, 0.717) is 25.2 Å². The summed E-state index contributed by atoms with van der Waals surface area (Å²) in [4.78, 5) is 26.3. The minimum absolute atomic E-state index is 0.0789. The fraction of sp³-hybridized carbons (Fsp3) is 0.292. The zero-order chi connectivity index (χ0) is 24.9. The van der Waals surface area contributed by atoms with Crippen LogP contribution >= 0.6 is 0 Å². The zero-order valence-corrected chi connectivity index (χ0v) is 18.4. The lowest BCUT2D eigenvalue weighted by atomic mass is 9.99. The Morgan fingerprint density at radius 2 is 2.00 bits per heavy atom. The number of ether oxygens (including phenoxy) is 2. The number of nitrogens with one attached hydrogen (secondary N) is 1. The van der Waals surface area contributed by atoms with Crippen molar-refractivity contribution in [1.29, 1.82) is 0 Å². The number of aromatic nitrogens is 2. The highest BCUT2D eigenvalue weighted by Crippen LogP contribution is 2.23. The van der Waals surface area contributed by atoms with Crippen LogP contribution in [0, 0.1) is 11.7 Å². The number of halogens is 3. The molecular weight excluding hydrogens is 467 g/mol. The van der Waals surface area contributed by atoms with E-state index >= 15 is 0 Å². The number of benzene rings is 2. The van der Waals surface area contributed by atoms with Crippen LogP contribution in [0.25, 0.3) is 16.9 Å². The number of carbonyl (C=O) groups excluding carboxylic acids is 1. The highest BCUT2D eigenvalue weighted by molar-refractivity contribution is 5.95. The first-order valence-corrected chi connectivity index (χ1v) is 10.8. The van der Waals surface area contributed by atoms with Crippen LogP contribution in [0.15, 0.2) is 59.4 Å². The van der Waals surface area contributed by atoms with E-state index in [2.05, 4.69) is 15.2 Å². The van der Waals surface area contributed by atoms with Crippen molar-refractivity contribution in [3.05, 3.63) is 76.3 Å². The van der Waals surface area contributed by atoms with Gasteiger partial charge >= 0.3 is 6.61 Å². The van der Waals surface area contributed by atoms with Crippen LogP contribution < -0.4 is 15.6 Å². The lowest BCUT2D eigenvalue weighted by Gasteiger charge is -2.21. The van der Waals surface area contributed by atoms with Crippen LogP contribution in [0.2, 0.25) is 0 Å². The second kappa shape index (κ2) is 10.7. The summed E-state index contributed by atoms with van der Waals surface area (Å²) in [5.74, 6) is -1.54. The molecular formula is C24H22F3N3O5. The molecule has 2 aromatic carbocycles. The molecule has 0 radical (unpaired) electrons. The summed E-state index contributed by atoms with van der Waals surface area (Å²) in [5.41, 5.74) is -0.439. The first-order valence-electron chi connectivity index (χ1n) is 10.8. The molecule has 1 aliphatic heterocycles. The van der Waals surface area contributed by atoms with Gasteiger partial charge in [-0.1, -0.05) is 6.07 Å². The maximum Gasteiger partial charge on any atom is 0.387 e. The molecule has 2 N–H and O–H groups in total. The van der Waals surface area contributed by atoms with Gasteiger partial charge in [-0.25, -0.2) is 4.39 Å². The van der Waals surface area contributed by atoms with Gasteiger partial charge in [0.15, 0.2) is 0 Å². The third-order valence-corrected chi connectivity index (χ3v) is 5.63. The van der Waals surface area contributed by atoms with E-state index in [0.717, 1.165) is 10.7 Å². The molecule has 2 atom stereocenters. The molecule has 8 nitrogen and oxygen atoms in total. The van der Waals surface area contributed by atoms with E-state index in [1.165, 1.54) is 48.5 Å². The normalized spacial score (nSPS) is 16.3. The summed E-state index contributed by atoms with van der Waals surface area (Å²) in [7, 11) is 0. The van der Waals surface area contributed by atoms with Gasteiger partial charge in [0.25, 0.3) is 11.5 Å². The van der Waals surface area contributed by atoms with Crippen LogP contribution in [0.5, 0.6) is 5.75 Å². The maximum atomic E-state index is 13.9. The van der Waals surface area contributed by atoms with Crippen molar-refractivity contribution in [2.45, 2.75) is 19.1 Å². The Labute approximate surface area is 197 Å². The molecule has 35 heavy (non-hydrogen) atoms. The van der Waals surface area contributed by atoms with Crippen LogP contribution in [0.4, 0.5) is 13.2 Å². The van der Waals surface area contributed by atoms with Crippen LogP contribution in [0.1, 0.15) is 16.8 Å². The van der Waals surface area contributed by atoms with Crippen LogP contribution in [-0.2, 0) is 4.74 Å². The predicted octanol–water partition coefficient (Wildman–Crippen LogP) is 2.77. The molecule has 1 fully saturated rings. The Morgan fingerprint density at radius 1 is 1.23 bits per heavy atom. The quantitative estimate of drug-likeness (QED) is 0.505. The van der Waals surface area contributed by atoms with Gasteiger partial charge < -0.3 is 19.9 Å². The average molecular weight is 489 g/mol. The fourth-order valence-electron chi connectivity index (χ4n) is 3.82. The molecule has 11 heteroatoms. The van der Waals surface area contributed by atoms with Crippen LogP contribution in [0.3, 0.4) is 0 Å². The summed E-state index contributed by atoms with van der Waals surface area (Å²) < 4.78 is 49.4. The summed E-state index contributed by atoms with van der Waals surface area (Å²) in [6.45, 7) is -2.46. The smallest absolute Gasteiger partial charge is 0.387 e. The van der Waals surface area contributed by atoms with Gasteiger partial charge in [-0.15, -0.1) is 0 Å². The molecule has 0 bridgehead atoms. The topological polar surface area (TPSA) is 103 Å². The minimum atomic E-state index is -2.99. The second-order valence-electron chi connectivity index (χ2n) is 7.93. The number of amides is 1. The van der Waals surface area contributed by atoms with E-state index in [1.54, 1.807) is 0 Å². The largest absolute Gasteiger partial charge is 0.435 e. The summed E-state index contributed by atoms with van der Waals surface area (Å²) in [6.07, 6.45) is 0.646. The molecule has 2 heterocycles. The number of carbonyl (C=O) groups is 1. The maximum absolute atomic E-state index is 13.9. The predicted molar refractivity (Wildman–Crippen MR) is 119 cm³/mol. The Bertz CT molecular complexity index is 1240. The fourth-order valence-corrected chi connectivity index (χ4v) is 3.82. The monoisotopic (exact) mass is 489 g/mol. The molecule has 0 aliphatic carbocycles. The molecule has 1 unspecified atom stereocenters. The van der Waals surface area contributed by atoms with Crippen LogP contribution in [-0.4, -0.2) is 53.3 Å². The molecule has 0 saturated carbocycles. The number of rotatable bonds is 8. The van der Waals surface area contributed by atoms with Crippen molar-refractivity contribution in [2.75, 3.05) is 19.8 Å². The molecule has 184 valence electrons. The van der Waals surface area contributed by atoms with Crippen molar-refractivity contribution < 1.29 is 32.5 Å². The Balaban J connectivity index is 1.75. The second-order valence-corrected chi connectivity index (χ2v) is 7.93. The average Bonchev–Trinajstić information content (AvgIpc) is 3.37. The molecule has 1 aliphatic rings. The third-order valence-electron chi connectivity index (χ3n) is 5.63. The van der Waals surface area contributed by atoms with Gasteiger partial charge in [-0.3, -0.25) is 9.59 Å². The van der Waals surface area contributed by atoms with Gasteiger partial charge in [0.1, 0.15) is 17.1 Å². The molecule has 4 rings (SSSR count). The third kappa shape index (κ3) is 5.69. The first-order chi connectivity index (χ1) is 16.9. The SMILES string of the molecule is O=C(NC(CO)[C@H]1CCOC1)c1cc(-c2ccc(OC(F)F)cc2)nn(-c2cccc(F)c2)c1=O. The van der Waals surface area contributed by atoms with Gasteiger partial charge in [-0.2, -0.15) is 18.6 Å². The van der Waals surface area contributed by atoms with E-state index in [9.17, 15) is 27.9 Å². The van der Waals surface area contributed by atoms with E-state index < -0.39 is 29.9 Å². The summed E-state index contributed by atoms with van der Waals surface area (Å²) in [5, 5.41) is 16.7. The van der Waals surface area contributed by atoms with Crippen molar-refractivity contribution in [3.63, 3.8) is 0 Å². The summed E-state index contributed by atoms with van der Waals surface area (Å²) in [6, 6.07) is 11.2. The molecule has 1 saturated heterocycles. The van der Waals surface area contributed by atoms with Crippen molar-refractivity contribution in [2.24, 2.45) is 5.92 Å². The number of hydrogen-bond donors (Lipinski definition) is 2. The summed E-state index contributed by atoms with van der Waals surface area (Å²) >= 11 is 0. The number of hydrogen-bond acceptors (Lipinski definition) is 6. The number of nitrogens with zero attached hydrogens (tertiary/aromatic N) is 2. The first kappa shape index (κ1) is 24.4. The minimum Gasteiger partial charge on any atom is -0.435 e.